The average Bonchev–Trinajstić information content (AvgIpc) is 3.31. The molecular weight excluding hydrogens is 422 g/mol. The van der Waals surface area contributed by atoms with E-state index < -0.39 is 0 Å². The van der Waals surface area contributed by atoms with E-state index >= 15 is 0 Å². The molecule has 0 N–H and O–H groups in total. The molecule has 1 saturated heterocycles. The van der Waals surface area contributed by atoms with Crippen LogP contribution in [0.4, 0.5) is 0 Å². The van der Waals surface area contributed by atoms with Crippen molar-refractivity contribution in [1.82, 2.24) is 14.7 Å². The highest BCUT2D eigenvalue weighted by atomic mass is 16.5. The third-order valence-electron chi connectivity index (χ3n) is 7.57. The van der Waals surface area contributed by atoms with Crippen LogP contribution in [0.2, 0.25) is 0 Å². The van der Waals surface area contributed by atoms with E-state index in [1.807, 2.05) is 35.0 Å². The molecule has 0 spiro atoms. The lowest BCUT2D eigenvalue weighted by molar-refractivity contribution is 0.0699. The van der Waals surface area contributed by atoms with Gasteiger partial charge in [-0.3, -0.25) is 4.79 Å². The standard InChI is InChI=1S/C29H35N3O2/c1-19-7-12-25(20(2)13-19)32-26(14-24(30-32)21-8-10-23(34-6)11-9-21)27(33)31-18-29(5)16-22(31)15-28(3,4)17-29/h7-14,22H,15-18H2,1-6H3. The van der Waals surface area contributed by atoms with Crippen LogP contribution in [-0.2, 0) is 0 Å². The zero-order valence-corrected chi connectivity index (χ0v) is 21.2. The SMILES string of the molecule is COc1ccc(-c2cc(C(=O)N3CC4(C)CC3CC(C)(C)C4)n(-c3ccc(C)cc3C)n2)cc1. The summed E-state index contributed by atoms with van der Waals surface area (Å²) in [6.07, 6.45) is 3.30. The second kappa shape index (κ2) is 8.00. The van der Waals surface area contributed by atoms with Gasteiger partial charge in [0.2, 0.25) is 0 Å². The third kappa shape index (κ3) is 4.02. The van der Waals surface area contributed by atoms with E-state index in [0.29, 0.717) is 5.69 Å². The Morgan fingerprint density at radius 1 is 1.03 bits per heavy atom. The minimum Gasteiger partial charge on any atom is -0.497 e. The second-order valence-electron chi connectivity index (χ2n) is 11.5. The summed E-state index contributed by atoms with van der Waals surface area (Å²) in [6.45, 7) is 12.0. The number of ether oxygens (including phenoxy) is 1. The normalized spacial score (nSPS) is 23.2. The lowest BCUT2D eigenvalue weighted by atomic mass is 9.65. The molecule has 1 aliphatic heterocycles. The monoisotopic (exact) mass is 457 g/mol. The summed E-state index contributed by atoms with van der Waals surface area (Å²) >= 11 is 0. The number of fused-ring (bicyclic) bond motifs is 2. The fourth-order valence-corrected chi connectivity index (χ4v) is 6.51. The van der Waals surface area contributed by atoms with Gasteiger partial charge in [-0.15, -0.1) is 0 Å². The number of rotatable bonds is 4. The topological polar surface area (TPSA) is 47.4 Å². The largest absolute Gasteiger partial charge is 0.497 e. The van der Waals surface area contributed by atoms with Crippen LogP contribution in [0, 0.1) is 24.7 Å². The van der Waals surface area contributed by atoms with Gasteiger partial charge in [0.05, 0.1) is 18.5 Å². The summed E-state index contributed by atoms with van der Waals surface area (Å²) in [6, 6.07) is 16.4. The number of aromatic nitrogens is 2. The number of aryl methyl sites for hydroxylation is 2. The summed E-state index contributed by atoms with van der Waals surface area (Å²) in [5.74, 6) is 0.882. The van der Waals surface area contributed by atoms with Gasteiger partial charge in [-0.1, -0.05) is 38.5 Å². The summed E-state index contributed by atoms with van der Waals surface area (Å²) in [4.78, 5) is 16.2. The van der Waals surface area contributed by atoms with E-state index in [1.165, 1.54) is 5.56 Å². The van der Waals surface area contributed by atoms with Gasteiger partial charge in [0.1, 0.15) is 11.4 Å². The maximum Gasteiger partial charge on any atom is 0.272 e. The molecule has 1 aromatic heterocycles. The quantitative estimate of drug-likeness (QED) is 0.468. The molecule has 2 heterocycles. The number of nitrogens with zero attached hydrogens (tertiary/aromatic N) is 3. The van der Waals surface area contributed by atoms with Crippen LogP contribution in [0.1, 0.15) is 61.6 Å². The average molecular weight is 458 g/mol. The molecule has 0 radical (unpaired) electrons. The predicted molar refractivity (Wildman–Crippen MR) is 136 cm³/mol. The number of hydrogen-bond donors (Lipinski definition) is 0. The van der Waals surface area contributed by atoms with Crippen LogP contribution in [-0.4, -0.2) is 40.3 Å². The Labute approximate surface area is 202 Å². The molecule has 2 aromatic carbocycles. The number of carbonyl (C=O) groups is 1. The first kappa shape index (κ1) is 22.7. The number of methoxy groups -OCH3 is 1. The second-order valence-corrected chi connectivity index (χ2v) is 11.5. The summed E-state index contributed by atoms with van der Waals surface area (Å²) < 4.78 is 7.17. The molecule has 2 atom stereocenters. The van der Waals surface area contributed by atoms with E-state index in [9.17, 15) is 4.79 Å². The van der Waals surface area contributed by atoms with Gasteiger partial charge < -0.3 is 9.64 Å². The van der Waals surface area contributed by atoms with Crippen molar-refractivity contribution in [1.29, 1.82) is 0 Å². The molecule has 1 saturated carbocycles. The third-order valence-corrected chi connectivity index (χ3v) is 7.57. The van der Waals surface area contributed by atoms with Crippen molar-refractivity contribution in [3.8, 4) is 22.7 Å². The van der Waals surface area contributed by atoms with Crippen LogP contribution in [0.15, 0.2) is 48.5 Å². The molecule has 34 heavy (non-hydrogen) atoms. The molecule has 178 valence electrons. The highest BCUT2D eigenvalue weighted by Crippen LogP contribution is 2.52. The van der Waals surface area contributed by atoms with E-state index in [0.717, 1.165) is 54.1 Å². The highest BCUT2D eigenvalue weighted by Gasteiger charge is 2.51. The Morgan fingerprint density at radius 2 is 1.76 bits per heavy atom. The minimum atomic E-state index is 0.0821. The molecule has 1 amide bonds. The number of carbonyl (C=O) groups excluding carboxylic acids is 1. The van der Waals surface area contributed by atoms with Gasteiger partial charge in [-0.05, 0) is 85.9 Å². The van der Waals surface area contributed by atoms with Crippen molar-refractivity contribution in [2.75, 3.05) is 13.7 Å². The Hall–Kier alpha value is -3.08. The predicted octanol–water partition coefficient (Wildman–Crippen LogP) is 6.21. The Kier molecular flexibility index (Phi) is 5.34. The fourth-order valence-electron chi connectivity index (χ4n) is 6.51. The van der Waals surface area contributed by atoms with Crippen molar-refractivity contribution in [2.24, 2.45) is 10.8 Å². The highest BCUT2D eigenvalue weighted by molar-refractivity contribution is 5.95. The number of amides is 1. The summed E-state index contributed by atoms with van der Waals surface area (Å²) in [5, 5.41) is 4.95. The van der Waals surface area contributed by atoms with Crippen molar-refractivity contribution in [2.45, 2.75) is 59.9 Å². The molecule has 2 unspecified atom stereocenters. The minimum absolute atomic E-state index is 0.0821. The van der Waals surface area contributed by atoms with E-state index in [4.69, 9.17) is 9.84 Å². The zero-order valence-electron chi connectivity index (χ0n) is 21.2. The maximum atomic E-state index is 14.1. The summed E-state index contributed by atoms with van der Waals surface area (Å²) in [5.41, 5.74) is 6.08. The van der Waals surface area contributed by atoms with Crippen LogP contribution >= 0.6 is 0 Å². The molecule has 2 bridgehead atoms. The Balaban J connectivity index is 1.59. The fraction of sp³-hybridized carbons (Fsp3) is 0.448. The Bertz CT molecular complexity index is 1240. The van der Waals surface area contributed by atoms with Gasteiger partial charge in [-0.25, -0.2) is 4.68 Å². The van der Waals surface area contributed by atoms with Crippen molar-refractivity contribution in [3.05, 3.63) is 65.4 Å². The molecule has 5 heteroatoms. The van der Waals surface area contributed by atoms with E-state index in [-0.39, 0.29) is 22.8 Å². The van der Waals surface area contributed by atoms with Gasteiger partial charge in [0, 0.05) is 18.2 Å². The van der Waals surface area contributed by atoms with Crippen molar-refractivity contribution < 1.29 is 9.53 Å². The number of likely N-dealkylation sites (tertiary alicyclic amines) is 1. The lowest BCUT2D eigenvalue weighted by Crippen LogP contribution is -2.38. The molecular formula is C29H35N3O2. The lowest BCUT2D eigenvalue weighted by Gasteiger charge is -2.39. The van der Waals surface area contributed by atoms with E-state index in [2.05, 4.69) is 57.7 Å². The smallest absolute Gasteiger partial charge is 0.272 e. The zero-order chi connectivity index (χ0) is 24.3. The van der Waals surface area contributed by atoms with Gasteiger partial charge >= 0.3 is 0 Å². The van der Waals surface area contributed by atoms with Gasteiger partial charge in [-0.2, -0.15) is 5.10 Å². The molecule has 5 nitrogen and oxygen atoms in total. The van der Waals surface area contributed by atoms with Crippen molar-refractivity contribution in [3.63, 3.8) is 0 Å². The molecule has 2 aliphatic rings. The van der Waals surface area contributed by atoms with Gasteiger partial charge in [0.15, 0.2) is 0 Å². The molecule has 3 aromatic rings. The molecule has 2 fully saturated rings. The van der Waals surface area contributed by atoms with Gasteiger partial charge in [0.25, 0.3) is 5.91 Å². The maximum absolute atomic E-state index is 14.1. The first-order valence-electron chi connectivity index (χ1n) is 12.2. The number of benzene rings is 2. The van der Waals surface area contributed by atoms with Crippen LogP contribution < -0.4 is 4.74 Å². The Morgan fingerprint density at radius 3 is 2.44 bits per heavy atom. The van der Waals surface area contributed by atoms with Crippen LogP contribution in [0.5, 0.6) is 5.75 Å². The van der Waals surface area contributed by atoms with Crippen molar-refractivity contribution >= 4 is 5.91 Å². The summed E-state index contributed by atoms with van der Waals surface area (Å²) in [7, 11) is 1.66. The first-order valence-corrected chi connectivity index (χ1v) is 12.2. The first-order chi connectivity index (χ1) is 16.1. The molecule has 1 aliphatic carbocycles. The number of hydrogen-bond acceptors (Lipinski definition) is 3. The van der Waals surface area contributed by atoms with Crippen LogP contribution in [0.25, 0.3) is 16.9 Å². The van der Waals surface area contributed by atoms with E-state index in [1.54, 1.807) is 7.11 Å². The molecule has 5 rings (SSSR count). The van der Waals surface area contributed by atoms with Crippen LogP contribution in [0.3, 0.4) is 0 Å².